The molecule has 1 aromatic rings. The maximum atomic E-state index is 13.1. The van der Waals surface area contributed by atoms with Crippen molar-refractivity contribution < 1.29 is 13.6 Å². The topological polar surface area (TPSA) is 32.3 Å². The number of halogens is 3. The van der Waals surface area contributed by atoms with E-state index in [-0.39, 0.29) is 18.3 Å². The quantitative estimate of drug-likeness (QED) is 0.925. The van der Waals surface area contributed by atoms with E-state index in [1.54, 1.807) is 7.05 Å². The lowest BCUT2D eigenvalue weighted by Gasteiger charge is -2.21. The summed E-state index contributed by atoms with van der Waals surface area (Å²) in [6.07, 6.45) is 0.557. The highest BCUT2D eigenvalue weighted by Crippen LogP contribution is 2.26. The smallest absolute Gasteiger partial charge is 0.262 e. The van der Waals surface area contributed by atoms with Gasteiger partial charge in [-0.05, 0) is 17.5 Å². The van der Waals surface area contributed by atoms with Crippen LogP contribution in [0.2, 0.25) is 0 Å². The molecular formula is C15H21ClF2N2O. The van der Waals surface area contributed by atoms with E-state index < -0.39 is 24.9 Å². The van der Waals surface area contributed by atoms with Gasteiger partial charge in [0.05, 0.1) is 12.6 Å². The lowest BCUT2D eigenvalue weighted by Crippen LogP contribution is -2.41. The summed E-state index contributed by atoms with van der Waals surface area (Å²) >= 11 is 0. The standard InChI is InChI=1S/C15H20F2N2O.ClH/c1-3-11-4-6-12(7-5-11)9-19(2)14(20)13-8-15(16,17)10-18-13;/h4-7,13,18H,3,8-10H2,1-2H3;1H. The van der Waals surface area contributed by atoms with Crippen LogP contribution in [-0.4, -0.2) is 36.4 Å². The maximum absolute atomic E-state index is 13.1. The molecule has 1 aliphatic heterocycles. The number of rotatable bonds is 4. The minimum atomic E-state index is -2.77. The first-order valence-electron chi connectivity index (χ1n) is 6.85. The number of carbonyl (C=O) groups excluding carboxylic acids is 1. The second-order valence-electron chi connectivity index (χ2n) is 5.36. The molecule has 21 heavy (non-hydrogen) atoms. The fourth-order valence-corrected chi connectivity index (χ4v) is 2.39. The summed E-state index contributed by atoms with van der Waals surface area (Å²) in [6, 6.07) is 7.22. The van der Waals surface area contributed by atoms with Crippen molar-refractivity contribution in [1.29, 1.82) is 0 Å². The summed E-state index contributed by atoms with van der Waals surface area (Å²) in [5, 5.41) is 2.59. The van der Waals surface area contributed by atoms with Crippen molar-refractivity contribution in [2.45, 2.75) is 38.3 Å². The third-order valence-corrected chi connectivity index (χ3v) is 3.64. The number of alkyl halides is 2. The van der Waals surface area contributed by atoms with Gasteiger partial charge in [-0.2, -0.15) is 0 Å². The predicted octanol–water partition coefficient (Wildman–Crippen LogP) is 2.63. The molecule has 1 aromatic carbocycles. The number of hydrogen-bond donors (Lipinski definition) is 1. The Labute approximate surface area is 130 Å². The first-order chi connectivity index (χ1) is 9.41. The zero-order valence-electron chi connectivity index (χ0n) is 12.2. The van der Waals surface area contributed by atoms with Crippen molar-refractivity contribution in [3.05, 3.63) is 35.4 Å². The molecule has 0 saturated carbocycles. The zero-order chi connectivity index (χ0) is 14.8. The molecule has 0 radical (unpaired) electrons. The van der Waals surface area contributed by atoms with Gasteiger partial charge in [0.15, 0.2) is 0 Å². The van der Waals surface area contributed by atoms with E-state index in [1.165, 1.54) is 10.5 Å². The van der Waals surface area contributed by atoms with E-state index in [4.69, 9.17) is 0 Å². The fraction of sp³-hybridized carbons (Fsp3) is 0.533. The van der Waals surface area contributed by atoms with Crippen LogP contribution >= 0.6 is 12.4 Å². The Kier molecular flexibility index (Phi) is 6.10. The highest BCUT2D eigenvalue weighted by atomic mass is 35.5. The van der Waals surface area contributed by atoms with Gasteiger partial charge < -0.3 is 4.90 Å². The van der Waals surface area contributed by atoms with Gasteiger partial charge in [-0.15, -0.1) is 12.4 Å². The number of nitrogens with one attached hydrogen (secondary N) is 1. The number of likely N-dealkylation sites (N-methyl/N-ethyl adjacent to an activating group) is 1. The molecule has 1 unspecified atom stereocenters. The average Bonchev–Trinajstić information content (AvgIpc) is 2.79. The molecule has 0 aromatic heterocycles. The van der Waals surface area contributed by atoms with Crippen molar-refractivity contribution in [1.82, 2.24) is 10.2 Å². The van der Waals surface area contributed by atoms with Crippen molar-refractivity contribution in [2.24, 2.45) is 0 Å². The van der Waals surface area contributed by atoms with Crippen LogP contribution in [0.25, 0.3) is 0 Å². The van der Waals surface area contributed by atoms with Crippen LogP contribution < -0.4 is 5.32 Å². The normalized spacial score (nSPS) is 19.9. The van der Waals surface area contributed by atoms with Gasteiger partial charge in [0.25, 0.3) is 5.92 Å². The fourth-order valence-electron chi connectivity index (χ4n) is 2.39. The Hall–Kier alpha value is -1.20. The molecule has 0 bridgehead atoms. The molecule has 6 heteroatoms. The molecular weight excluding hydrogens is 298 g/mol. The van der Waals surface area contributed by atoms with Gasteiger partial charge in [-0.3, -0.25) is 10.1 Å². The lowest BCUT2D eigenvalue weighted by molar-refractivity contribution is -0.132. The molecule has 1 heterocycles. The van der Waals surface area contributed by atoms with Gasteiger partial charge in [0, 0.05) is 20.0 Å². The second kappa shape index (κ2) is 7.18. The summed E-state index contributed by atoms with van der Waals surface area (Å²) in [5.74, 6) is -3.05. The molecule has 1 atom stereocenters. The molecule has 118 valence electrons. The van der Waals surface area contributed by atoms with E-state index in [0.29, 0.717) is 6.54 Å². The largest absolute Gasteiger partial charge is 0.340 e. The molecule has 1 fully saturated rings. The summed E-state index contributed by atoms with van der Waals surface area (Å²) in [4.78, 5) is 13.6. The van der Waals surface area contributed by atoms with Crippen molar-refractivity contribution in [3.63, 3.8) is 0 Å². The molecule has 2 rings (SSSR count). The Balaban J connectivity index is 0.00000220. The Bertz CT molecular complexity index is 479. The Morgan fingerprint density at radius 1 is 1.33 bits per heavy atom. The summed E-state index contributed by atoms with van der Waals surface area (Å²) in [7, 11) is 1.65. The van der Waals surface area contributed by atoms with Crippen LogP contribution in [0.4, 0.5) is 8.78 Å². The minimum Gasteiger partial charge on any atom is -0.340 e. The van der Waals surface area contributed by atoms with E-state index >= 15 is 0 Å². The summed E-state index contributed by atoms with van der Waals surface area (Å²) in [6.45, 7) is 2.10. The Morgan fingerprint density at radius 2 is 1.90 bits per heavy atom. The van der Waals surface area contributed by atoms with E-state index in [1.807, 2.05) is 24.3 Å². The van der Waals surface area contributed by atoms with Gasteiger partial charge in [-0.25, -0.2) is 8.78 Å². The van der Waals surface area contributed by atoms with Crippen LogP contribution in [0.5, 0.6) is 0 Å². The second-order valence-corrected chi connectivity index (χ2v) is 5.36. The summed E-state index contributed by atoms with van der Waals surface area (Å²) in [5.41, 5.74) is 2.24. The number of aryl methyl sites for hydroxylation is 1. The van der Waals surface area contributed by atoms with Crippen molar-refractivity contribution in [3.8, 4) is 0 Å². The predicted molar refractivity (Wildman–Crippen MR) is 80.9 cm³/mol. The minimum absolute atomic E-state index is 0. The first-order valence-corrected chi connectivity index (χ1v) is 6.85. The monoisotopic (exact) mass is 318 g/mol. The number of amides is 1. The molecule has 1 aliphatic rings. The Morgan fingerprint density at radius 3 is 2.38 bits per heavy atom. The summed E-state index contributed by atoms with van der Waals surface area (Å²) < 4.78 is 26.2. The number of nitrogens with zero attached hydrogens (tertiary/aromatic N) is 1. The zero-order valence-corrected chi connectivity index (χ0v) is 13.1. The van der Waals surface area contributed by atoms with Crippen molar-refractivity contribution in [2.75, 3.05) is 13.6 Å². The van der Waals surface area contributed by atoms with Crippen LogP contribution in [0.3, 0.4) is 0 Å². The third-order valence-electron chi connectivity index (χ3n) is 3.64. The van der Waals surface area contributed by atoms with Gasteiger partial charge in [-0.1, -0.05) is 31.2 Å². The highest BCUT2D eigenvalue weighted by Gasteiger charge is 2.43. The van der Waals surface area contributed by atoms with Gasteiger partial charge in [0.2, 0.25) is 5.91 Å². The van der Waals surface area contributed by atoms with Crippen molar-refractivity contribution >= 4 is 18.3 Å². The van der Waals surface area contributed by atoms with Crippen LogP contribution in [0.15, 0.2) is 24.3 Å². The van der Waals surface area contributed by atoms with Crippen LogP contribution in [-0.2, 0) is 17.8 Å². The van der Waals surface area contributed by atoms with Gasteiger partial charge >= 0.3 is 0 Å². The van der Waals surface area contributed by atoms with E-state index in [9.17, 15) is 13.6 Å². The molecule has 0 spiro atoms. The SMILES string of the molecule is CCc1ccc(CN(C)C(=O)C2CC(F)(F)CN2)cc1.Cl. The molecule has 1 amide bonds. The number of benzene rings is 1. The van der Waals surface area contributed by atoms with E-state index in [2.05, 4.69) is 12.2 Å². The molecule has 0 aliphatic carbocycles. The molecule has 1 N–H and O–H groups in total. The van der Waals surface area contributed by atoms with Gasteiger partial charge in [0.1, 0.15) is 0 Å². The molecule has 1 saturated heterocycles. The maximum Gasteiger partial charge on any atom is 0.262 e. The first kappa shape index (κ1) is 17.9. The molecule has 3 nitrogen and oxygen atoms in total. The highest BCUT2D eigenvalue weighted by molar-refractivity contribution is 5.85. The van der Waals surface area contributed by atoms with E-state index in [0.717, 1.165) is 12.0 Å². The number of hydrogen-bond acceptors (Lipinski definition) is 2. The van der Waals surface area contributed by atoms with Crippen LogP contribution in [0, 0.1) is 0 Å². The number of carbonyl (C=O) groups is 1. The van der Waals surface area contributed by atoms with Crippen LogP contribution in [0.1, 0.15) is 24.5 Å². The average molecular weight is 319 g/mol. The lowest BCUT2D eigenvalue weighted by atomic mass is 10.1. The third kappa shape index (κ3) is 4.64.